The maximum absolute atomic E-state index is 13.6. The molecule has 9 nitrogen and oxygen atoms in total. The van der Waals surface area contributed by atoms with Crippen molar-refractivity contribution in [2.24, 2.45) is 11.7 Å². The van der Waals surface area contributed by atoms with E-state index in [1.165, 1.54) is 4.90 Å². The zero-order chi connectivity index (χ0) is 27.9. The maximum atomic E-state index is 13.6. The fraction of sp³-hybridized carbons (Fsp3) is 0.429. The molecule has 2 aromatic carbocycles. The smallest absolute Gasteiger partial charge is 0.256 e. The largest absolute Gasteiger partial charge is 0.494 e. The second kappa shape index (κ2) is 13.2. The molecule has 2 aliphatic rings. The molecule has 0 bridgehead atoms. The van der Waals surface area contributed by atoms with Crippen molar-refractivity contribution in [3.63, 3.8) is 0 Å². The van der Waals surface area contributed by atoms with E-state index in [2.05, 4.69) is 10.2 Å². The number of halogens is 1. The van der Waals surface area contributed by atoms with E-state index in [0.29, 0.717) is 40.4 Å². The number of ether oxygens (including phenoxy) is 1. The number of hydrogen-bond acceptors (Lipinski definition) is 6. The van der Waals surface area contributed by atoms with E-state index in [0.717, 1.165) is 38.9 Å². The molecule has 2 aromatic rings. The van der Waals surface area contributed by atoms with Gasteiger partial charge in [-0.3, -0.25) is 19.3 Å². The van der Waals surface area contributed by atoms with Crippen molar-refractivity contribution in [3.8, 4) is 5.75 Å². The van der Waals surface area contributed by atoms with Crippen LogP contribution >= 0.6 is 23.8 Å². The first-order valence-corrected chi connectivity index (χ1v) is 14.0. The van der Waals surface area contributed by atoms with Crippen molar-refractivity contribution in [2.45, 2.75) is 38.6 Å². The van der Waals surface area contributed by atoms with Gasteiger partial charge < -0.3 is 25.6 Å². The van der Waals surface area contributed by atoms with Crippen LogP contribution in [0.15, 0.2) is 48.5 Å². The number of likely N-dealkylation sites (tertiary alicyclic amines) is 1. The Labute approximate surface area is 239 Å². The third kappa shape index (κ3) is 7.26. The van der Waals surface area contributed by atoms with Crippen LogP contribution in [0.1, 0.15) is 32.6 Å². The van der Waals surface area contributed by atoms with Crippen LogP contribution in [0, 0.1) is 5.92 Å². The first kappa shape index (κ1) is 28.8. The Hall–Kier alpha value is -3.21. The van der Waals surface area contributed by atoms with Crippen LogP contribution in [0.3, 0.4) is 0 Å². The molecular weight excluding hydrogens is 538 g/mol. The molecule has 11 heteroatoms. The van der Waals surface area contributed by atoms with Crippen molar-refractivity contribution in [1.29, 1.82) is 0 Å². The number of carbonyl (C=O) groups excluding carboxylic acids is 3. The predicted octanol–water partition coefficient (Wildman–Crippen LogP) is 3.66. The summed E-state index contributed by atoms with van der Waals surface area (Å²) in [6, 6.07) is 13.3. The van der Waals surface area contributed by atoms with Gasteiger partial charge in [-0.2, -0.15) is 0 Å². The number of thiocarbonyl (C=S) groups is 1. The van der Waals surface area contributed by atoms with Crippen molar-refractivity contribution in [2.75, 3.05) is 43.0 Å². The van der Waals surface area contributed by atoms with Gasteiger partial charge >= 0.3 is 0 Å². The highest BCUT2D eigenvalue weighted by molar-refractivity contribution is 7.80. The number of amides is 3. The van der Waals surface area contributed by atoms with Gasteiger partial charge in [-0.15, -0.1) is 0 Å². The maximum Gasteiger partial charge on any atom is 0.256 e. The van der Waals surface area contributed by atoms with E-state index in [1.807, 2.05) is 11.8 Å². The number of rotatable bonds is 11. The molecule has 208 valence electrons. The summed E-state index contributed by atoms with van der Waals surface area (Å²) in [6.45, 7) is 5.38. The van der Waals surface area contributed by atoms with Gasteiger partial charge in [0, 0.05) is 23.2 Å². The van der Waals surface area contributed by atoms with Crippen LogP contribution < -0.4 is 20.7 Å². The Bertz CT molecular complexity index is 1200. The van der Waals surface area contributed by atoms with E-state index >= 15 is 0 Å². The Morgan fingerprint density at radius 3 is 2.49 bits per heavy atom. The number of nitrogens with two attached hydrogens (primary N) is 1. The molecule has 2 fully saturated rings. The van der Waals surface area contributed by atoms with Crippen LogP contribution in [0.2, 0.25) is 5.02 Å². The van der Waals surface area contributed by atoms with E-state index in [4.69, 9.17) is 34.3 Å². The van der Waals surface area contributed by atoms with E-state index in [-0.39, 0.29) is 30.1 Å². The van der Waals surface area contributed by atoms with Gasteiger partial charge in [0.2, 0.25) is 11.8 Å². The molecule has 0 unspecified atom stereocenters. The van der Waals surface area contributed by atoms with Crippen molar-refractivity contribution < 1.29 is 19.1 Å². The Balaban J connectivity index is 1.43. The molecule has 39 heavy (non-hydrogen) atoms. The number of piperidine rings is 1. The van der Waals surface area contributed by atoms with Crippen LogP contribution in [0.25, 0.3) is 0 Å². The fourth-order valence-corrected chi connectivity index (χ4v) is 5.63. The third-order valence-corrected chi connectivity index (χ3v) is 7.73. The van der Waals surface area contributed by atoms with E-state index in [9.17, 15) is 14.4 Å². The minimum absolute atomic E-state index is 0.0484. The first-order chi connectivity index (χ1) is 18.8. The molecule has 2 heterocycles. The lowest BCUT2D eigenvalue weighted by molar-refractivity contribution is -0.124. The van der Waals surface area contributed by atoms with Crippen molar-refractivity contribution in [1.82, 2.24) is 9.80 Å². The number of nitrogens with zero attached hydrogens (tertiary/aromatic N) is 3. The fourth-order valence-electron chi connectivity index (χ4n) is 5.03. The van der Waals surface area contributed by atoms with Crippen LogP contribution in [0.4, 0.5) is 11.4 Å². The first-order valence-electron chi connectivity index (χ1n) is 13.2. The van der Waals surface area contributed by atoms with Gasteiger partial charge in [0.15, 0.2) is 5.11 Å². The van der Waals surface area contributed by atoms with E-state index < -0.39 is 6.04 Å². The second-order valence-corrected chi connectivity index (χ2v) is 10.5. The summed E-state index contributed by atoms with van der Waals surface area (Å²) < 4.78 is 5.46. The lowest BCUT2D eigenvalue weighted by atomic mass is 9.96. The summed E-state index contributed by atoms with van der Waals surface area (Å²) in [4.78, 5) is 43.7. The number of primary amides is 1. The summed E-state index contributed by atoms with van der Waals surface area (Å²) in [5.41, 5.74) is 6.65. The molecule has 1 atom stereocenters. The quantitative estimate of drug-likeness (QED) is 0.396. The number of carbonyl (C=O) groups is 3. The van der Waals surface area contributed by atoms with E-state index in [1.54, 1.807) is 48.5 Å². The molecule has 0 saturated carbocycles. The lowest BCUT2D eigenvalue weighted by Gasteiger charge is -2.31. The molecule has 0 spiro atoms. The summed E-state index contributed by atoms with van der Waals surface area (Å²) in [5, 5.41) is 3.72. The summed E-state index contributed by atoms with van der Waals surface area (Å²) in [5.74, 6) is -0.121. The number of anilines is 2. The van der Waals surface area contributed by atoms with Gasteiger partial charge in [0.05, 0.1) is 18.7 Å². The van der Waals surface area contributed by atoms with Gasteiger partial charge in [0.1, 0.15) is 11.8 Å². The summed E-state index contributed by atoms with van der Waals surface area (Å²) in [7, 11) is 0. The minimum atomic E-state index is -0.736. The van der Waals surface area contributed by atoms with Gasteiger partial charge in [0.25, 0.3) is 5.91 Å². The molecule has 0 aromatic heterocycles. The van der Waals surface area contributed by atoms with Crippen LogP contribution in [-0.4, -0.2) is 71.5 Å². The molecule has 2 aliphatic heterocycles. The monoisotopic (exact) mass is 571 g/mol. The number of benzene rings is 2. The topological polar surface area (TPSA) is 108 Å². The highest BCUT2D eigenvalue weighted by Gasteiger charge is 2.44. The number of nitrogens with one attached hydrogen (secondary N) is 1. The zero-order valence-corrected chi connectivity index (χ0v) is 23.5. The average Bonchev–Trinajstić information content (AvgIpc) is 3.14. The van der Waals surface area contributed by atoms with Gasteiger partial charge in [-0.05, 0) is 101 Å². The standard InChI is InChI=1S/C28H34ClN5O4S/c1-2-38-23-9-7-21(8-10-23)31-25(35)18-24-27(37)34(22-6-3-5-20(29)17-22)28(39)33(24)14-4-13-32-15-11-19(12-16-32)26(30)36/h3,5-10,17,19,24H,2,4,11-16,18H2,1H3,(H2,30,36)(H,31,35)/t24-/m0/s1. The number of hydrogen-bond donors (Lipinski definition) is 2. The van der Waals surface area contributed by atoms with Gasteiger partial charge in [-0.25, -0.2) is 0 Å². The van der Waals surface area contributed by atoms with Crippen LogP contribution in [0.5, 0.6) is 5.75 Å². The highest BCUT2D eigenvalue weighted by Crippen LogP contribution is 2.29. The third-order valence-electron chi connectivity index (χ3n) is 7.08. The van der Waals surface area contributed by atoms with Gasteiger partial charge in [-0.1, -0.05) is 17.7 Å². The minimum Gasteiger partial charge on any atom is -0.494 e. The molecule has 0 radical (unpaired) electrons. The highest BCUT2D eigenvalue weighted by atomic mass is 35.5. The van der Waals surface area contributed by atoms with Crippen molar-refractivity contribution in [3.05, 3.63) is 53.6 Å². The Kier molecular flexibility index (Phi) is 9.77. The average molecular weight is 572 g/mol. The molecular formula is C28H34ClN5O4S. The van der Waals surface area contributed by atoms with Crippen molar-refractivity contribution >= 4 is 58.0 Å². The zero-order valence-electron chi connectivity index (χ0n) is 22.0. The van der Waals surface area contributed by atoms with Crippen LogP contribution in [-0.2, 0) is 14.4 Å². The normalized spacial score (nSPS) is 18.5. The molecule has 0 aliphatic carbocycles. The lowest BCUT2D eigenvalue weighted by Crippen LogP contribution is -2.41. The SMILES string of the molecule is CCOc1ccc(NC(=O)C[C@H]2C(=O)N(c3cccc(Cl)c3)C(=S)N2CCCN2CCC(C(N)=O)CC2)cc1. The Morgan fingerprint density at radius 2 is 1.85 bits per heavy atom. The summed E-state index contributed by atoms with van der Waals surface area (Å²) >= 11 is 11.9. The predicted molar refractivity (Wildman–Crippen MR) is 156 cm³/mol. The molecule has 3 amide bonds. The second-order valence-electron chi connectivity index (χ2n) is 9.73. The molecule has 4 rings (SSSR count). The molecule has 2 saturated heterocycles. The summed E-state index contributed by atoms with van der Waals surface area (Å²) in [6.07, 6.45) is 2.21. The molecule has 3 N–H and O–H groups in total. The Morgan fingerprint density at radius 1 is 1.13 bits per heavy atom.